The van der Waals surface area contributed by atoms with E-state index in [2.05, 4.69) is 30.0 Å². The van der Waals surface area contributed by atoms with Crippen molar-refractivity contribution < 1.29 is 23.5 Å². The number of halogens is 1. The third kappa shape index (κ3) is 9.20. The molecule has 4 aliphatic rings. The molecule has 2 saturated heterocycles. The average Bonchev–Trinajstić information content (AvgIpc) is 3.12. The van der Waals surface area contributed by atoms with Crippen molar-refractivity contribution in [3.63, 3.8) is 0 Å². The summed E-state index contributed by atoms with van der Waals surface area (Å²) in [5.41, 5.74) is 2.68. The average molecular weight is 759 g/mol. The SMILES string of the molecule is CC.CCN(C(=O)c1cc(F)ccc1Oc1cncnc1N1CC2(CC(Oc3ccnc4c3CN(CCCN3CC(NC(=O)C(C)C)C3)CC4)C2)C1)C(C)C. The Hall–Kier alpha value is -4.36. The van der Waals surface area contributed by atoms with Gasteiger partial charge in [-0.25, -0.2) is 14.4 Å². The number of amides is 2. The highest BCUT2D eigenvalue weighted by Gasteiger charge is 2.54. The Labute approximate surface area is 325 Å². The molecule has 1 saturated carbocycles. The van der Waals surface area contributed by atoms with E-state index in [0.29, 0.717) is 18.1 Å². The van der Waals surface area contributed by atoms with E-state index in [1.807, 2.05) is 60.7 Å². The van der Waals surface area contributed by atoms with Crippen LogP contribution in [0.3, 0.4) is 0 Å². The first-order valence-corrected chi connectivity index (χ1v) is 20.2. The molecule has 298 valence electrons. The Morgan fingerprint density at radius 2 is 1.76 bits per heavy atom. The van der Waals surface area contributed by atoms with Crippen LogP contribution in [0.15, 0.2) is 43.0 Å². The van der Waals surface area contributed by atoms with Gasteiger partial charge in [-0.05, 0) is 77.4 Å². The van der Waals surface area contributed by atoms with E-state index in [1.54, 1.807) is 11.1 Å². The lowest BCUT2D eigenvalue weighted by Crippen LogP contribution is -2.65. The van der Waals surface area contributed by atoms with E-state index >= 15 is 0 Å². The summed E-state index contributed by atoms with van der Waals surface area (Å²) in [4.78, 5) is 47.6. The van der Waals surface area contributed by atoms with Crippen LogP contribution < -0.4 is 19.7 Å². The monoisotopic (exact) mass is 758 g/mol. The van der Waals surface area contributed by atoms with Crippen LogP contribution in [-0.2, 0) is 17.8 Å². The zero-order valence-electron chi connectivity index (χ0n) is 33.7. The summed E-state index contributed by atoms with van der Waals surface area (Å²) >= 11 is 0. The Balaban J connectivity index is 0.00000253. The fourth-order valence-corrected chi connectivity index (χ4v) is 8.23. The first kappa shape index (κ1) is 40.3. The van der Waals surface area contributed by atoms with Gasteiger partial charge >= 0.3 is 0 Å². The van der Waals surface area contributed by atoms with E-state index < -0.39 is 5.82 Å². The summed E-state index contributed by atoms with van der Waals surface area (Å²) in [6.07, 6.45) is 9.05. The number of carbonyl (C=O) groups is 2. The van der Waals surface area contributed by atoms with Crippen LogP contribution in [0, 0.1) is 17.2 Å². The number of likely N-dealkylation sites (tertiary alicyclic amines) is 1. The molecule has 3 aliphatic heterocycles. The lowest BCUT2D eigenvalue weighted by Gasteiger charge is -2.59. The molecule has 0 atom stereocenters. The van der Waals surface area contributed by atoms with Crippen LogP contribution in [0.5, 0.6) is 17.2 Å². The molecule has 1 aliphatic carbocycles. The van der Waals surface area contributed by atoms with Crippen molar-refractivity contribution >= 4 is 17.6 Å². The fourth-order valence-electron chi connectivity index (χ4n) is 8.23. The molecular weight excluding hydrogens is 700 g/mol. The number of fused-ring (bicyclic) bond motifs is 1. The third-order valence-corrected chi connectivity index (χ3v) is 11.2. The molecular formula is C42H59FN8O4. The molecule has 1 N–H and O–H groups in total. The molecule has 1 aromatic carbocycles. The highest BCUT2D eigenvalue weighted by Crippen LogP contribution is 2.52. The minimum atomic E-state index is -0.497. The summed E-state index contributed by atoms with van der Waals surface area (Å²) in [5, 5.41) is 3.13. The molecule has 2 amide bonds. The Kier molecular flexibility index (Phi) is 12.9. The van der Waals surface area contributed by atoms with E-state index in [-0.39, 0.29) is 52.6 Å². The molecule has 0 bridgehead atoms. The Morgan fingerprint density at radius 3 is 2.47 bits per heavy atom. The normalized spacial score (nSPS) is 18.1. The maximum absolute atomic E-state index is 14.3. The standard InChI is InChI=1S/C40H53FN8O4.C2H6/c1-6-49(27(4)5)39(51)31-16-28(41)8-9-34(31)53-36-19-42-25-44-37(36)48-23-40(24-48)17-30(18-40)52-35-10-12-43-33-11-15-46(22-32(33)35)13-7-14-47-20-29(21-47)45-38(50)26(2)3;1-2/h8-10,12,16,19,25-27,29-30H,6-7,11,13-15,17-18,20-24H2,1-5H3,(H,45,50);1-2H3. The van der Waals surface area contributed by atoms with Gasteiger partial charge in [0, 0.05) is 87.1 Å². The maximum Gasteiger partial charge on any atom is 0.257 e. The van der Waals surface area contributed by atoms with Crippen molar-refractivity contribution in [1.29, 1.82) is 0 Å². The van der Waals surface area contributed by atoms with Crippen molar-refractivity contribution in [2.24, 2.45) is 11.3 Å². The van der Waals surface area contributed by atoms with Crippen LogP contribution >= 0.6 is 0 Å². The highest BCUT2D eigenvalue weighted by molar-refractivity contribution is 5.97. The number of hydrogen-bond donors (Lipinski definition) is 1. The van der Waals surface area contributed by atoms with E-state index in [9.17, 15) is 14.0 Å². The van der Waals surface area contributed by atoms with Gasteiger partial charge in [0.05, 0.1) is 17.8 Å². The second-order valence-corrected chi connectivity index (χ2v) is 15.9. The second-order valence-electron chi connectivity index (χ2n) is 15.9. The van der Waals surface area contributed by atoms with Gasteiger partial charge in [-0.15, -0.1) is 0 Å². The quantitative estimate of drug-likeness (QED) is 0.212. The largest absolute Gasteiger partial charge is 0.490 e. The van der Waals surface area contributed by atoms with Gasteiger partial charge in [-0.2, -0.15) is 0 Å². The summed E-state index contributed by atoms with van der Waals surface area (Å²) in [7, 11) is 0. The van der Waals surface area contributed by atoms with Gasteiger partial charge in [0.15, 0.2) is 11.6 Å². The lowest BCUT2D eigenvalue weighted by molar-refractivity contribution is -0.125. The van der Waals surface area contributed by atoms with Gasteiger partial charge < -0.3 is 24.6 Å². The zero-order chi connectivity index (χ0) is 39.3. The first-order valence-electron chi connectivity index (χ1n) is 20.2. The number of pyridine rings is 1. The Morgan fingerprint density at radius 1 is 1.02 bits per heavy atom. The number of anilines is 1. The van der Waals surface area contributed by atoms with Crippen molar-refractivity contribution in [3.8, 4) is 17.2 Å². The number of rotatable bonds is 14. The summed E-state index contributed by atoms with van der Waals surface area (Å²) in [6.45, 7) is 21.6. The molecule has 3 fully saturated rings. The molecule has 0 unspecified atom stereocenters. The molecule has 13 heteroatoms. The van der Waals surface area contributed by atoms with Crippen LogP contribution in [0.1, 0.15) is 89.3 Å². The van der Waals surface area contributed by atoms with Gasteiger partial charge in [0.1, 0.15) is 29.7 Å². The molecule has 1 spiro atoms. The molecule has 7 rings (SSSR count). The van der Waals surface area contributed by atoms with Gasteiger partial charge in [0.25, 0.3) is 5.91 Å². The second kappa shape index (κ2) is 17.6. The minimum Gasteiger partial charge on any atom is -0.490 e. The first-order chi connectivity index (χ1) is 26.5. The van der Waals surface area contributed by atoms with Crippen molar-refractivity contribution in [2.45, 2.75) is 98.9 Å². The Bertz CT molecular complexity index is 1790. The van der Waals surface area contributed by atoms with Gasteiger partial charge in [-0.1, -0.05) is 27.7 Å². The van der Waals surface area contributed by atoms with Crippen LogP contribution in [0.4, 0.5) is 10.2 Å². The maximum atomic E-state index is 14.3. The third-order valence-electron chi connectivity index (χ3n) is 11.2. The number of benzene rings is 1. The van der Waals surface area contributed by atoms with E-state index in [4.69, 9.17) is 14.5 Å². The molecule has 5 heterocycles. The number of hydrogen-bond acceptors (Lipinski definition) is 10. The van der Waals surface area contributed by atoms with Crippen LogP contribution in [-0.4, -0.2) is 112 Å². The van der Waals surface area contributed by atoms with E-state index in [1.165, 1.54) is 30.1 Å². The van der Waals surface area contributed by atoms with Crippen molar-refractivity contribution in [3.05, 3.63) is 65.6 Å². The minimum absolute atomic E-state index is 0.0283. The van der Waals surface area contributed by atoms with Crippen molar-refractivity contribution in [2.75, 3.05) is 57.3 Å². The molecule has 0 radical (unpaired) electrons. The van der Waals surface area contributed by atoms with Gasteiger partial charge in [0.2, 0.25) is 5.91 Å². The van der Waals surface area contributed by atoms with Crippen LogP contribution in [0.2, 0.25) is 0 Å². The molecule has 55 heavy (non-hydrogen) atoms. The predicted octanol–water partition coefficient (Wildman–Crippen LogP) is 5.95. The topological polar surface area (TPSA) is 116 Å². The number of aromatic nitrogens is 3. The number of nitrogens with one attached hydrogen (secondary N) is 1. The van der Waals surface area contributed by atoms with Crippen LogP contribution in [0.25, 0.3) is 0 Å². The number of carbonyl (C=O) groups excluding carboxylic acids is 2. The van der Waals surface area contributed by atoms with Crippen molar-refractivity contribution in [1.82, 2.24) is 35.0 Å². The predicted molar refractivity (Wildman–Crippen MR) is 211 cm³/mol. The van der Waals surface area contributed by atoms with Gasteiger partial charge in [-0.3, -0.25) is 24.4 Å². The smallest absolute Gasteiger partial charge is 0.257 e. The number of nitrogens with zero attached hydrogens (tertiary/aromatic N) is 7. The molecule has 2 aromatic heterocycles. The summed E-state index contributed by atoms with van der Waals surface area (Å²) in [6, 6.07) is 6.29. The summed E-state index contributed by atoms with van der Waals surface area (Å²) < 4.78 is 27.3. The fraction of sp³-hybridized carbons (Fsp3) is 0.595. The zero-order valence-corrected chi connectivity index (χ0v) is 33.7. The number of ether oxygens (including phenoxy) is 2. The summed E-state index contributed by atoms with van der Waals surface area (Å²) in [5.74, 6) is 1.70. The molecule has 3 aromatic rings. The lowest BCUT2D eigenvalue weighted by atomic mass is 9.61. The highest BCUT2D eigenvalue weighted by atomic mass is 19.1. The van der Waals surface area contributed by atoms with E-state index in [0.717, 1.165) is 89.5 Å². The molecule has 12 nitrogen and oxygen atoms in total.